The zero-order valence-corrected chi connectivity index (χ0v) is 21.7. The van der Waals surface area contributed by atoms with Gasteiger partial charge in [-0.25, -0.2) is 0 Å². The van der Waals surface area contributed by atoms with Crippen molar-refractivity contribution in [3.63, 3.8) is 0 Å². The van der Waals surface area contributed by atoms with E-state index < -0.39 is 5.60 Å². The van der Waals surface area contributed by atoms with Gasteiger partial charge in [0, 0.05) is 6.20 Å². The molecule has 3 aliphatic carbocycles. The summed E-state index contributed by atoms with van der Waals surface area (Å²) in [5.74, 6) is 4.96. The zero-order chi connectivity index (χ0) is 22.9. The van der Waals surface area contributed by atoms with Gasteiger partial charge in [-0.05, 0) is 105 Å². The Labute approximate surface area is 197 Å². The van der Waals surface area contributed by atoms with Gasteiger partial charge in [0.15, 0.2) is 0 Å². The molecule has 0 aliphatic heterocycles. The van der Waals surface area contributed by atoms with E-state index in [2.05, 4.69) is 45.9 Å². The highest BCUT2D eigenvalue weighted by molar-refractivity contribution is 5.08. The third-order valence-electron chi connectivity index (χ3n) is 10.5. The monoisotopic (exact) mass is 442 g/mol. The van der Waals surface area contributed by atoms with E-state index in [1.807, 2.05) is 10.9 Å². The number of fused-ring (bicyclic) bond motifs is 1. The third kappa shape index (κ3) is 4.70. The number of rotatable bonds is 8. The molecular formula is C29H50N2O. The maximum atomic E-state index is 11.8. The first kappa shape index (κ1) is 24.3. The Morgan fingerprint density at radius 1 is 1.12 bits per heavy atom. The van der Waals surface area contributed by atoms with Crippen LogP contribution in [0.15, 0.2) is 12.4 Å². The van der Waals surface area contributed by atoms with Crippen molar-refractivity contribution in [3.05, 3.63) is 18.0 Å². The highest BCUT2D eigenvalue weighted by atomic mass is 16.3. The van der Waals surface area contributed by atoms with Gasteiger partial charge in [-0.2, -0.15) is 5.10 Å². The van der Waals surface area contributed by atoms with E-state index in [0.29, 0.717) is 12.5 Å². The van der Waals surface area contributed by atoms with Crippen LogP contribution < -0.4 is 0 Å². The van der Waals surface area contributed by atoms with E-state index in [0.717, 1.165) is 29.6 Å². The maximum Gasteiger partial charge on any atom is 0.0848 e. The van der Waals surface area contributed by atoms with Crippen molar-refractivity contribution in [3.8, 4) is 0 Å². The van der Waals surface area contributed by atoms with Crippen LogP contribution in [0.5, 0.6) is 0 Å². The van der Waals surface area contributed by atoms with Crippen LogP contribution in [-0.2, 0) is 6.54 Å². The van der Waals surface area contributed by atoms with E-state index >= 15 is 0 Å². The molecule has 2 unspecified atom stereocenters. The van der Waals surface area contributed by atoms with Crippen LogP contribution in [-0.4, -0.2) is 20.5 Å². The molecule has 3 saturated carbocycles. The van der Waals surface area contributed by atoms with E-state index in [9.17, 15) is 5.11 Å². The molecule has 1 heterocycles. The van der Waals surface area contributed by atoms with Gasteiger partial charge in [-0.3, -0.25) is 4.68 Å². The molecule has 4 rings (SSSR count). The van der Waals surface area contributed by atoms with Gasteiger partial charge >= 0.3 is 0 Å². The molecule has 0 aromatic carbocycles. The Morgan fingerprint density at radius 3 is 2.50 bits per heavy atom. The van der Waals surface area contributed by atoms with Crippen LogP contribution in [0.1, 0.15) is 110 Å². The van der Waals surface area contributed by atoms with Gasteiger partial charge in [0.25, 0.3) is 0 Å². The number of unbranched alkanes of at least 4 members (excludes halogenated alkanes) is 1. The second kappa shape index (κ2) is 9.80. The van der Waals surface area contributed by atoms with E-state index in [1.165, 1.54) is 82.6 Å². The van der Waals surface area contributed by atoms with Crippen molar-refractivity contribution in [2.75, 3.05) is 0 Å². The second-order valence-corrected chi connectivity index (χ2v) is 12.5. The van der Waals surface area contributed by atoms with Crippen molar-refractivity contribution < 1.29 is 5.11 Å². The van der Waals surface area contributed by atoms with E-state index in [1.54, 1.807) is 0 Å². The number of aliphatic hydroxyl groups is 1. The quantitative estimate of drug-likeness (QED) is 0.455. The summed E-state index contributed by atoms with van der Waals surface area (Å²) in [5, 5.41) is 16.3. The molecule has 3 fully saturated rings. The number of nitrogens with zero attached hydrogens (tertiary/aromatic N) is 2. The van der Waals surface area contributed by atoms with Crippen LogP contribution in [0.4, 0.5) is 0 Å². The van der Waals surface area contributed by atoms with Crippen molar-refractivity contribution in [1.29, 1.82) is 0 Å². The van der Waals surface area contributed by atoms with E-state index in [-0.39, 0.29) is 5.41 Å². The summed E-state index contributed by atoms with van der Waals surface area (Å²) < 4.78 is 1.97. The van der Waals surface area contributed by atoms with Crippen LogP contribution in [0.25, 0.3) is 0 Å². The molecular weight excluding hydrogens is 392 g/mol. The van der Waals surface area contributed by atoms with Gasteiger partial charge in [0.1, 0.15) is 0 Å². The fourth-order valence-electron chi connectivity index (χ4n) is 8.79. The molecule has 6 atom stereocenters. The lowest BCUT2D eigenvalue weighted by atomic mass is 9.52. The Morgan fingerprint density at radius 2 is 1.88 bits per heavy atom. The molecule has 1 N–H and O–H groups in total. The molecule has 0 radical (unpaired) electrons. The average Bonchev–Trinajstić information content (AvgIpc) is 3.34. The minimum absolute atomic E-state index is 0.279. The Balaban J connectivity index is 1.51. The van der Waals surface area contributed by atoms with Crippen LogP contribution in [0, 0.1) is 47.8 Å². The Bertz CT molecular complexity index is 731. The third-order valence-corrected chi connectivity index (χ3v) is 10.5. The van der Waals surface area contributed by atoms with Crippen LogP contribution in [0.3, 0.4) is 0 Å². The molecule has 1 aromatic rings. The maximum absolute atomic E-state index is 11.8. The van der Waals surface area contributed by atoms with Crippen molar-refractivity contribution in [1.82, 2.24) is 9.78 Å². The Kier molecular flexibility index (Phi) is 7.45. The summed E-state index contributed by atoms with van der Waals surface area (Å²) in [6, 6.07) is 0. The number of aryl methyl sites for hydroxylation is 1. The second-order valence-electron chi connectivity index (χ2n) is 12.5. The van der Waals surface area contributed by atoms with Gasteiger partial charge in [0.05, 0.1) is 18.3 Å². The minimum Gasteiger partial charge on any atom is -0.388 e. The molecule has 1 aromatic heterocycles. The first-order valence-electron chi connectivity index (χ1n) is 14.0. The molecule has 3 nitrogen and oxygen atoms in total. The SMILES string of the molecule is CCCC[C@@H]1C(C2CCC(CC)CC2)CC[C@@]2(C)C1CC[C@@H]2[C@@](C)(O)Cn1cc(C)cn1. The lowest BCUT2D eigenvalue weighted by Gasteiger charge is -2.53. The molecule has 32 heavy (non-hydrogen) atoms. The molecule has 0 saturated heterocycles. The molecule has 3 aliphatic rings. The van der Waals surface area contributed by atoms with Gasteiger partial charge in [-0.1, -0.05) is 52.9 Å². The topological polar surface area (TPSA) is 38.0 Å². The summed E-state index contributed by atoms with van der Waals surface area (Å²) in [5.41, 5.74) is 0.763. The number of hydrogen-bond acceptors (Lipinski definition) is 2. The van der Waals surface area contributed by atoms with Gasteiger partial charge in [-0.15, -0.1) is 0 Å². The molecule has 0 bridgehead atoms. The normalized spacial score (nSPS) is 39.6. The first-order valence-corrected chi connectivity index (χ1v) is 14.0. The summed E-state index contributed by atoms with van der Waals surface area (Å²) in [6.07, 6.45) is 20.6. The highest BCUT2D eigenvalue weighted by Crippen LogP contribution is 2.64. The van der Waals surface area contributed by atoms with E-state index in [4.69, 9.17) is 0 Å². The summed E-state index contributed by atoms with van der Waals surface area (Å²) in [6.45, 7) is 12.1. The fourth-order valence-corrected chi connectivity index (χ4v) is 8.79. The zero-order valence-electron chi connectivity index (χ0n) is 21.7. The molecule has 182 valence electrons. The summed E-state index contributed by atoms with van der Waals surface area (Å²) in [4.78, 5) is 0. The summed E-state index contributed by atoms with van der Waals surface area (Å²) in [7, 11) is 0. The minimum atomic E-state index is -0.691. The molecule has 0 spiro atoms. The van der Waals surface area contributed by atoms with Gasteiger partial charge in [0.2, 0.25) is 0 Å². The average molecular weight is 443 g/mol. The molecule has 3 heteroatoms. The Hall–Kier alpha value is -0.830. The van der Waals surface area contributed by atoms with Crippen LogP contribution >= 0.6 is 0 Å². The first-order chi connectivity index (χ1) is 15.3. The van der Waals surface area contributed by atoms with Crippen LogP contribution in [0.2, 0.25) is 0 Å². The molecule has 0 amide bonds. The lowest BCUT2D eigenvalue weighted by molar-refractivity contribution is -0.102. The number of aromatic nitrogens is 2. The highest BCUT2D eigenvalue weighted by Gasteiger charge is 2.58. The van der Waals surface area contributed by atoms with Crippen molar-refractivity contribution in [2.45, 2.75) is 124 Å². The standard InChI is InChI=1S/C29H50N2O/c1-6-8-9-25-24(23-12-10-22(7-2)11-13-23)16-17-28(4)26(25)14-15-27(28)29(5,32)20-31-19-21(3)18-30-31/h18-19,22-27,32H,6-17,20H2,1-5H3/t22?,23?,24?,25-,26?,27+,28+,29+/m1/s1. The lowest BCUT2D eigenvalue weighted by Crippen LogP contribution is -2.51. The predicted octanol–water partition coefficient (Wildman–Crippen LogP) is 7.41. The summed E-state index contributed by atoms with van der Waals surface area (Å²) >= 11 is 0. The van der Waals surface area contributed by atoms with Crippen molar-refractivity contribution in [2.24, 2.45) is 40.9 Å². The van der Waals surface area contributed by atoms with Crippen molar-refractivity contribution >= 4 is 0 Å². The van der Waals surface area contributed by atoms with Gasteiger partial charge < -0.3 is 5.11 Å². The number of hydrogen-bond donors (Lipinski definition) is 1. The smallest absolute Gasteiger partial charge is 0.0848 e. The fraction of sp³-hybridized carbons (Fsp3) is 0.897. The largest absolute Gasteiger partial charge is 0.388 e. The predicted molar refractivity (Wildman–Crippen MR) is 133 cm³/mol.